The number of rotatable bonds is 6. The van der Waals surface area contributed by atoms with Crippen LogP contribution in [0.5, 0.6) is 5.75 Å². The predicted octanol–water partition coefficient (Wildman–Crippen LogP) is 2.40. The minimum absolute atomic E-state index is 0.204. The van der Waals surface area contributed by atoms with E-state index in [0.717, 1.165) is 30.9 Å². The predicted molar refractivity (Wildman–Crippen MR) is 66.5 cm³/mol. The van der Waals surface area contributed by atoms with E-state index in [1.165, 1.54) is 0 Å². The monoisotopic (exact) mass is 222 g/mol. The van der Waals surface area contributed by atoms with Crippen LogP contribution in [0.1, 0.15) is 32.9 Å². The highest BCUT2D eigenvalue weighted by atomic mass is 16.5. The summed E-state index contributed by atoms with van der Waals surface area (Å²) in [5.41, 5.74) is 6.90. The molecule has 16 heavy (non-hydrogen) atoms. The molecule has 0 amide bonds. The standard InChI is InChI=1S/C13H22N2O/c1-4-11(14)7-12-5-6-13(8-15-12)16-9-10(2)3/h5-6,8,10-11H,4,7,9,14H2,1-3H3. The first-order valence-corrected chi connectivity index (χ1v) is 5.95. The van der Waals surface area contributed by atoms with Crippen LogP contribution < -0.4 is 10.5 Å². The highest BCUT2D eigenvalue weighted by molar-refractivity contribution is 5.20. The fourth-order valence-corrected chi connectivity index (χ4v) is 1.29. The Morgan fingerprint density at radius 3 is 2.62 bits per heavy atom. The van der Waals surface area contributed by atoms with Gasteiger partial charge in [0.05, 0.1) is 12.8 Å². The third kappa shape index (κ3) is 4.62. The van der Waals surface area contributed by atoms with Crippen molar-refractivity contribution in [2.75, 3.05) is 6.61 Å². The lowest BCUT2D eigenvalue weighted by molar-refractivity contribution is 0.270. The first kappa shape index (κ1) is 13.0. The molecule has 0 aliphatic rings. The first-order chi connectivity index (χ1) is 7.61. The fourth-order valence-electron chi connectivity index (χ4n) is 1.29. The van der Waals surface area contributed by atoms with Gasteiger partial charge in [0.2, 0.25) is 0 Å². The van der Waals surface area contributed by atoms with Gasteiger partial charge in [0.1, 0.15) is 5.75 Å². The Bertz CT molecular complexity index is 295. The molecule has 90 valence electrons. The summed E-state index contributed by atoms with van der Waals surface area (Å²) in [6.07, 6.45) is 3.59. The molecular weight excluding hydrogens is 200 g/mol. The van der Waals surface area contributed by atoms with Gasteiger partial charge in [0, 0.05) is 18.2 Å². The molecule has 0 fully saturated rings. The zero-order valence-corrected chi connectivity index (χ0v) is 10.4. The molecule has 1 unspecified atom stereocenters. The summed E-state index contributed by atoms with van der Waals surface area (Å²) < 4.78 is 5.56. The number of nitrogens with two attached hydrogens (primary N) is 1. The van der Waals surface area contributed by atoms with Crippen LogP contribution >= 0.6 is 0 Å². The van der Waals surface area contributed by atoms with Crippen molar-refractivity contribution in [3.8, 4) is 5.75 Å². The van der Waals surface area contributed by atoms with Gasteiger partial charge in [-0.3, -0.25) is 4.98 Å². The molecule has 2 N–H and O–H groups in total. The highest BCUT2D eigenvalue weighted by Crippen LogP contribution is 2.11. The van der Waals surface area contributed by atoms with Gasteiger partial charge in [0.25, 0.3) is 0 Å². The molecule has 0 bridgehead atoms. The number of pyridine rings is 1. The highest BCUT2D eigenvalue weighted by Gasteiger charge is 2.03. The van der Waals surface area contributed by atoms with Gasteiger partial charge in [0.15, 0.2) is 0 Å². The van der Waals surface area contributed by atoms with E-state index in [0.29, 0.717) is 5.92 Å². The van der Waals surface area contributed by atoms with Crippen LogP contribution in [0.15, 0.2) is 18.3 Å². The second-order valence-electron chi connectivity index (χ2n) is 4.56. The largest absolute Gasteiger partial charge is 0.492 e. The van der Waals surface area contributed by atoms with Crippen molar-refractivity contribution in [1.29, 1.82) is 0 Å². The maximum atomic E-state index is 5.87. The molecule has 0 aromatic carbocycles. The lowest BCUT2D eigenvalue weighted by atomic mass is 10.1. The molecule has 0 saturated heterocycles. The van der Waals surface area contributed by atoms with Crippen molar-refractivity contribution in [2.24, 2.45) is 11.7 Å². The summed E-state index contributed by atoms with van der Waals surface area (Å²) in [4.78, 5) is 4.34. The molecule has 3 nitrogen and oxygen atoms in total. The SMILES string of the molecule is CCC(N)Cc1ccc(OCC(C)C)cn1. The lowest BCUT2D eigenvalue weighted by Crippen LogP contribution is -2.21. The Kier molecular flexibility index (Phi) is 5.26. The Morgan fingerprint density at radius 1 is 1.38 bits per heavy atom. The van der Waals surface area contributed by atoms with Crippen molar-refractivity contribution >= 4 is 0 Å². The van der Waals surface area contributed by atoms with E-state index in [-0.39, 0.29) is 6.04 Å². The molecule has 1 aromatic heterocycles. The van der Waals surface area contributed by atoms with Crippen LogP contribution in [0.2, 0.25) is 0 Å². The molecule has 3 heteroatoms. The smallest absolute Gasteiger partial charge is 0.137 e. The fraction of sp³-hybridized carbons (Fsp3) is 0.615. The molecule has 1 rings (SSSR count). The summed E-state index contributed by atoms with van der Waals surface area (Å²) in [7, 11) is 0. The maximum absolute atomic E-state index is 5.87. The summed E-state index contributed by atoms with van der Waals surface area (Å²) in [5.74, 6) is 1.37. The quantitative estimate of drug-likeness (QED) is 0.804. The second-order valence-corrected chi connectivity index (χ2v) is 4.56. The van der Waals surface area contributed by atoms with E-state index in [4.69, 9.17) is 10.5 Å². The van der Waals surface area contributed by atoms with Crippen LogP contribution in [-0.4, -0.2) is 17.6 Å². The van der Waals surface area contributed by atoms with Crippen molar-refractivity contribution in [2.45, 2.75) is 39.7 Å². The first-order valence-electron chi connectivity index (χ1n) is 5.95. The van der Waals surface area contributed by atoms with E-state index < -0.39 is 0 Å². The van der Waals surface area contributed by atoms with Crippen LogP contribution in [0.25, 0.3) is 0 Å². The van der Waals surface area contributed by atoms with Gasteiger partial charge in [-0.25, -0.2) is 0 Å². The van der Waals surface area contributed by atoms with Gasteiger partial charge in [-0.15, -0.1) is 0 Å². The molecule has 0 aliphatic carbocycles. The third-order valence-corrected chi connectivity index (χ3v) is 2.38. The lowest BCUT2D eigenvalue weighted by Gasteiger charge is -2.10. The van der Waals surface area contributed by atoms with Gasteiger partial charge in [-0.1, -0.05) is 20.8 Å². The average molecular weight is 222 g/mol. The summed E-state index contributed by atoms with van der Waals surface area (Å²) in [5, 5.41) is 0. The minimum Gasteiger partial charge on any atom is -0.492 e. The van der Waals surface area contributed by atoms with Crippen LogP contribution in [-0.2, 0) is 6.42 Å². The molecule has 0 saturated carbocycles. The van der Waals surface area contributed by atoms with E-state index >= 15 is 0 Å². The Morgan fingerprint density at radius 2 is 2.12 bits per heavy atom. The Labute approximate surface area is 98.0 Å². The van der Waals surface area contributed by atoms with Gasteiger partial charge in [-0.2, -0.15) is 0 Å². The Balaban J connectivity index is 2.47. The summed E-state index contributed by atoms with van der Waals surface area (Å²) in [6, 6.07) is 4.16. The zero-order chi connectivity index (χ0) is 12.0. The molecule has 0 aliphatic heterocycles. The average Bonchev–Trinajstić information content (AvgIpc) is 2.28. The molecule has 1 heterocycles. The number of hydrogen-bond acceptors (Lipinski definition) is 3. The van der Waals surface area contributed by atoms with Crippen molar-refractivity contribution in [3.05, 3.63) is 24.0 Å². The normalized spacial score (nSPS) is 12.8. The summed E-state index contributed by atoms with van der Waals surface area (Å²) in [6.45, 7) is 7.07. The van der Waals surface area contributed by atoms with E-state index in [9.17, 15) is 0 Å². The van der Waals surface area contributed by atoms with Crippen LogP contribution in [0.3, 0.4) is 0 Å². The number of ether oxygens (including phenoxy) is 1. The van der Waals surface area contributed by atoms with Crippen LogP contribution in [0, 0.1) is 5.92 Å². The number of nitrogens with zero attached hydrogens (tertiary/aromatic N) is 1. The van der Waals surface area contributed by atoms with E-state index in [1.807, 2.05) is 12.1 Å². The number of hydrogen-bond donors (Lipinski definition) is 1. The third-order valence-electron chi connectivity index (χ3n) is 2.38. The molecule has 1 atom stereocenters. The van der Waals surface area contributed by atoms with Crippen molar-refractivity contribution in [3.63, 3.8) is 0 Å². The van der Waals surface area contributed by atoms with Crippen molar-refractivity contribution < 1.29 is 4.74 Å². The molecular formula is C13H22N2O. The van der Waals surface area contributed by atoms with E-state index in [2.05, 4.69) is 25.8 Å². The van der Waals surface area contributed by atoms with Gasteiger partial charge >= 0.3 is 0 Å². The van der Waals surface area contributed by atoms with Crippen LogP contribution in [0.4, 0.5) is 0 Å². The number of aromatic nitrogens is 1. The van der Waals surface area contributed by atoms with Gasteiger partial charge < -0.3 is 10.5 Å². The molecule has 0 spiro atoms. The van der Waals surface area contributed by atoms with Crippen molar-refractivity contribution in [1.82, 2.24) is 4.98 Å². The maximum Gasteiger partial charge on any atom is 0.137 e. The van der Waals surface area contributed by atoms with E-state index in [1.54, 1.807) is 6.20 Å². The molecule has 1 aromatic rings. The summed E-state index contributed by atoms with van der Waals surface area (Å²) >= 11 is 0. The topological polar surface area (TPSA) is 48.1 Å². The zero-order valence-electron chi connectivity index (χ0n) is 10.4. The van der Waals surface area contributed by atoms with Gasteiger partial charge in [-0.05, 0) is 24.5 Å². The second kappa shape index (κ2) is 6.48. The molecule has 0 radical (unpaired) electrons. The Hall–Kier alpha value is -1.09. The minimum atomic E-state index is 0.204.